The molecule has 1 atom stereocenters. The predicted molar refractivity (Wildman–Crippen MR) is 155 cm³/mol. The lowest BCUT2D eigenvalue weighted by atomic mass is 9.90. The van der Waals surface area contributed by atoms with Crippen LogP contribution in [0.1, 0.15) is 64.9 Å². The molecule has 2 fully saturated rings. The minimum atomic E-state index is -4.84. The molecule has 1 amide bonds. The van der Waals surface area contributed by atoms with Gasteiger partial charge in [0, 0.05) is 32.1 Å². The van der Waals surface area contributed by atoms with Crippen LogP contribution in [0.15, 0.2) is 83.4 Å². The molecule has 42 heavy (non-hydrogen) atoms. The van der Waals surface area contributed by atoms with Crippen molar-refractivity contribution in [2.75, 3.05) is 41.3 Å². The number of hydrogen-bond donors (Lipinski definition) is 1. The number of hydrogen-bond acceptors (Lipinski definition) is 6. The van der Waals surface area contributed by atoms with E-state index in [1.165, 1.54) is 17.3 Å². The monoisotopic (exact) mass is 575 g/mol. The summed E-state index contributed by atoms with van der Waals surface area (Å²) in [5.41, 5.74) is 1.44. The van der Waals surface area contributed by atoms with Crippen molar-refractivity contribution >= 4 is 23.4 Å². The summed E-state index contributed by atoms with van der Waals surface area (Å²) >= 11 is 0. The summed E-state index contributed by atoms with van der Waals surface area (Å²) in [4.78, 5) is 25.1. The van der Waals surface area contributed by atoms with Crippen LogP contribution in [0.5, 0.6) is 0 Å². The van der Waals surface area contributed by atoms with E-state index in [0.29, 0.717) is 24.9 Å². The molecule has 0 spiro atoms. The average molecular weight is 576 g/mol. The number of piperidine rings is 2. The van der Waals surface area contributed by atoms with Gasteiger partial charge in [0.05, 0.1) is 11.9 Å². The Kier molecular flexibility index (Phi) is 7.86. The van der Waals surface area contributed by atoms with Crippen LogP contribution >= 0.6 is 0 Å². The molecule has 0 bridgehead atoms. The summed E-state index contributed by atoms with van der Waals surface area (Å²) in [5.74, 6) is -0.408. The van der Waals surface area contributed by atoms with Gasteiger partial charge in [0.15, 0.2) is 5.69 Å². The normalized spacial score (nSPS) is 18.2. The molecule has 1 unspecified atom stereocenters. The van der Waals surface area contributed by atoms with Crippen LogP contribution in [0.25, 0.3) is 0 Å². The van der Waals surface area contributed by atoms with Gasteiger partial charge >= 0.3 is 6.18 Å². The minimum Gasteiger partial charge on any atom is -0.417 e. The van der Waals surface area contributed by atoms with E-state index in [4.69, 9.17) is 4.42 Å². The summed E-state index contributed by atoms with van der Waals surface area (Å²) in [6, 6.07) is 23.6. The van der Waals surface area contributed by atoms with Gasteiger partial charge in [-0.3, -0.25) is 4.79 Å². The van der Waals surface area contributed by atoms with Gasteiger partial charge in [-0.2, -0.15) is 18.2 Å². The van der Waals surface area contributed by atoms with Crippen molar-refractivity contribution in [2.24, 2.45) is 0 Å². The van der Waals surface area contributed by atoms with Gasteiger partial charge in [0.25, 0.3) is 11.9 Å². The number of benzene rings is 2. The number of carbonyl (C=O) groups excluding carboxylic acids is 1. The average Bonchev–Trinajstić information content (AvgIpc) is 3.50. The lowest BCUT2D eigenvalue weighted by molar-refractivity contribution is -0.141. The summed E-state index contributed by atoms with van der Waals surface area (Å²) < 4.78 is 47.1. The number of halogens is 3. The fourth-order valence-corrected chi connectivity index (χ4v) is 5.94. The first kappa shape index (κ1) is 27.8. The molecule has 2 aromatic carbocycles. The first-order chi connectivity index (χ1) is 20.3. The van der Waals surface area contributed by atoms with E-state index in [0.717, 1.165) is 44.6 Å². The van der Waals surface area contributed by atoms with Crippen LogP contribution in [0.2, 0.25) is 0 Å². The zero-order valence-electron chi connectivity index (χ0n) is 23.1. The number of anilines is 3. The molecule has 4 heterocycles. The van der Waals surface area contributed by atoms with Crippen LogP contribution in [-0.2, 0) is 6.18 Å². The molecule has 2 aliphatic heterocycles. The lowest BCUT2D eigenvalue weighted by Gasteiger charge is -2.34. The molecule has 1 N–H and O–H groups in total. The molecule has 10 heteroatoms. The Hall–Kier alpha value is -4.34. The maximum atomic E-state index is 13.9. The number of pyridine rings is 1. The number of carbonyl (C=O) groups is 1. The summed E-state index contributed by atoms with van der Waals surface area (Å²) in [6.07, 6.45) is 0.228. The fraction of sp³-hybridized carbons (Fsp3) is 0.344. The molecule has 2 aliphatic rings. The third-order valence-corrected chi connectivity index (χ3v) is 8.15. The number of nitrogens with zero attached hydrogens (tertiary/aromatic N) is 4. The molecule has 4 aromatic rings. The Labute approximate surface area is 242 Å². The topological polar surface area (TPSA) is 74.5 Å². The van der Waals surface area contributed by atoms with Gasteiger partial charge in [-0.15, -0.1) is 0 Å². The maximum absolute atomic E-state index is 13.9. The van der Waals surface area contributed by atoms with Gasteiger partial charge in [-0.25, -0.2) is 4.98 Å². The molecular weight excluding hydrogens is 543 g/mol. The van der Waals surface area contributed by atoms with E-state index in [1.807, 2.05) is 36.4 Å². The van der Waals surface area contributed by atoms with E-state index in [1.54, 1.807) is 17.0 Å². The minimum absolute atomic E-state index is 0.189. The van der Waals surface area contributed by atoms with Crippen molar-refractivity contribution in [3.63, 3.8) is 0 Å². The largest absolute Gasteiger partial charge is 0.437 e. The van der Waals surface area contributed by atoms with E-state index >= 15 is 0 Å². The van der Waals surface area contributed by atoms with Gasteiger partial charge in [-0.1, -0.05) is 60.7 Å². The molecule has 2 aromatic heterocycles. The SMILES string of the molecule is O=C(Nc1ccc(N2CCCC(c3ccccc3)C2)nc1)c1oc(N2CCC(c3ccccc3)CC2)nc1C(F)(F)F. The van der Waals surface area contributed by atoms with E-state index in [-0.39, 0.29) is 11.7 Å². The van der Waals surface area contributed by atoms with E-state index in [9.17, 15) is 18.0 Å². The number of nitrogens with one attached hydrogen (secondary N) is 1. The smallest absolute Gasteiger partial charge is 0.417 e. The van der Waals surface area contributed by atoms with Gasteiger partial charge < -0.3 is 19.5 Å². The number of rotatable bonds is 6. The van der Waals surface area contributed by atoms with Crippen molar-refractivity contribution in [3.05, 3.63) is 102 Å². The van der Waals surface area contributed by atoms with Crippen molar-refractivity contribution in [3.8, 4) is 0 Å². The Morgan fingerprint density at radius 2 is 1.50 bits per heavy atom. The highest BCUT2D eigenvalue weighted by Crippen LogP contribution is 2.37. The molecule has 0 aliphatic carbocycles. The fourth-order valence-electron chi connectivity index (χ4n) is 5.94. The number of alkyl halides is 3. The van der Waals surface area contributed by atoms with Gasteiger partial charge in [-0.05, 0) is 54.9 Å². The second-order valence-corrected chi connectivity index (χ2v) is 10.9. The maximum Gasteiger partial charge on any atom is 0.437 e. The third kappa shape index (κ3) is 6.12. The number of amides is 1. The van der Waals surface area contributed by atoms with E-state index in [2.05, 4.69) is 44.5 Å². The van der Waals surface area contributed by atoms with Gasteiger partial charge in [0.2, 0.25) is 5.76 Å². The highest BCUT2D eigenvalue weighted by atomic mass is 19.4. The quantitative estimate of drug-likeness (QED) is 0.264. The summed E-state index contributed by atoms with van der Waals surface area (Å²) in [5, 5.41) is 2.51. The second-order valence-electron chi connectivity index (χ2n) is 10.9. The molecule has 0 saturated carbocycles. The molecular formula is C32H32F3N5O2. The molecule has 7 nitrogen and oxygen atoms in total. The van der Waals surface area contributed by atoms with Crippen LogP contribution < -0.4 is 15.1 Å². The van der Waals surface area contributed by atoms with Crippen molar-refractivity contribution in [1.29, 1.82) is 0 Å². The van der Waals surface area contributed by atoms with Crippen LogP contribution in [-0.4, -0.2) is 42.1 Å². The zero-order valence-corrected chi connectivity index (χ0v) is 23.1. The van der Waals surface area contributed by atoms with E-state index < -0.39 is 23.5 Å². The van der Waals surface area contributed by atoms with Crippen molar-refractivity contribution in [2.45, 2.75) is 43.7 Å². The Morgan fingerprint density at radius 1 is 0.833 bits per heavy atom. The highest BCUT2D eigenvalue weighted by Gasteiger charge is 2.42. The number of aromatic nitrogens is 2. The Bertz CT molecular complexity index is 1480. The summed E-state index contributed by atoms with van der Waals surface area (Å²) in [7, 11) is 0. The second kappa shape index (κ2) is 11.9. The molecule has 0 radical (unpaired) electrons. The van der Waals surface area contributed by atoms with Gasteiger partial charge in [0.1, 0.15) is 5.82 Å². The van der Waals surface area contributed by atoms with Crippen LogP contribution in [0, 0.1) is 0 Å². The first-order valence-corrected chi connectivity index (χ1v) is 14.3. The van der Waals surface area contributed by atoms with Crippen molar-refractivity contribution in [1.82, 2.24) is 9.97 Å². The first-order valence-electron chi connectivity index (χ1n) is 14.3. The predicted octanol–water partition coefficient (Wildman–Crippen LogP) is 7.11. The Morgan fingerprint density at radius 3 is 2.12 bits per heavy atom. The molecule has 218 valence electrons. The highest BCUT2D eigenvalue weighted by molar-refractivity contribution is 6.03. The summed E-state index contributed by atoms with van der Waals surface area (Å²) in [6.45, 7) is 2.64. The van der Waals surface area contributed by atoms with Crippen LogP contribution in [0.4, 0.5) is 30.7 Å². The number of oxazole rings is 1. The van der Waals surface area contributed by atoms with Crippen LogP contribution in [0.3, 0.4) is 0 Å². The lowest BCUT2D eigenvalue weighted by Crippen LogP contribution is -2.34. The molecule has 2 saturated heterocycles. The third-order valence-electron chi connectivity index (χ3n) is 8.15. The Balaban J connectivity index is 1.12. The standard InChI is InChI=1S/C32H32F3N5O2/c33-32(34,35)29-28(42-31(38-29)39-18-15-24(16-19-39)22-8-3-1-4-9-22)30(41)37-26-13-14-27(36-20-26)40-17-7-12-25(21-40)23-10-5-2-6-11-23/h1-6,8-11,13-14,20,24-25H,7,12,15-19,21H2,(H,37,41). The zero-order chi connectivity index (χ0) is 29.1. The van der Waals surface area contributed by atoms with Crippen molar-refractivity contribution < 1.29 is 22.4 Å². The molecule has 6 rings (SSSR count).